The highest BCUT2D eigenvalue weighted by Gasteiger charge is 2.32. The Balaban J connectivity index is 0.00000220. The lowest BCUT2D eigenvalue weighted by atomic mass is 9.93. The zero-order valence-electron chi connectivity index (χ0n) is 12.8. The first-order chi connectivity index (χ1) is 9.32. The van der Waals surface area contributed by atoms with E-state index in [0.717, 1.165) is 12.8 Å². The van der Waals surface area contributed by atoms with Crippen molar-refractivity contribution in [3.8, 4) is 0 Å². The van der Waals surface area contributed by atoms with E-state index in [-0.39, 0.29) is 35.4 Å². The van der Waals surface area contributed by atoms with E-state index in [4.69, 9.17) is 5.73 Å². The molecule has 2 heterocycles. The van der Waals surface area contributed by atoms with Crippen LogP contribution in [-0.4, -0.2) is 41.4 Å². The molecule has 8 heteroatoms. The summed E-state index contributed by atoms with van der Waals surface area (Å²) in [5, 5.41) is 0.136. The summed E-state index contributed by atoms with van der Waals surface area (Å²) in [4.78, 5) is 4.06. The maximum atomic E-state index is 12.6. The Bertz CT molecular complexity index is 556. The van der Waals surface area contributed by atoms with Gasteiger partial charge in [0.25, 0.3) is 10.0 Å². The Hall–Kier alpha value is -0.630. The Morgan fingerprint density at radius 1 is 1.38 bits per heavy atom. The quantitative estimate of drug-likeness (QED) is 0.906. The van der Waals surface area contributed by atoms with Crippen LogP contribution in [0.25, 0.3) is 0 Å². The number of hydrogen-bond donors (Lipinski definition) is 1. The summed E-state index contributed by atoms with van der Waals surface area (Å²) in [6, 6.07) is 0.214. The predicted octanol–water partition coefficient (Wildman–Crippen LogP) is 1.63. The molecule has 6 nitrogen and oxygen atoms in total. The summed E-state index contributed by atoms with van der Waals surface area (Å²) in [7, 11) is -3.50. The Kier molecular flexibility index (Phi) is 6.22. The summed E-state index contributed by atoms with van der Waals surface area (Å²) in [5.41, 5.74) is 5.91. The molecule has 122 valence electrons. The molecule has 0 aromatic carbocycles. The topological polar surface area (TPSA) is 81.2 Å². The molecule has 0 spiro atoms. The van der Waals surface area contributed by atoms with E-state index in [1.165, 1.54) is 4.31 Å². The molecule has 0 bridgehead atoms. The number of sulfonamides is 1. The van der Waals surface area contributed by atoms with E-state index in [0.29, 0.717) is 13.1 Å². The fourth-order valence-corrected chi connectivity index (χ4v) is 3.94. The standard InChI is InChI=1S/C13H24N4O2S.ClH/c1-10(2)16-8-13(15-9-16)20(18,19)17-6-4-5-12(7-17)11(3)14;/h8-12H,4-7,14H2,1-3H3;1H. The molecular weight excluding hydrogens is 312 g/mol. The van der Waals surface area contributed by atoms with Crippen molar-refractivity contribution in [1.29, 1.82) is 0 Å². The molecule has 2 atom stereocenters. The molecule has 0 amide bonds. The van der Waals surface area contributed by atoms with Crippen LogP contribution in [0.3, 0.4) is 0 Å². The summed E-state index contributed by atoms with van der Waals surface area (Å²) < 4.78 is 28.5. The van der Waals surface area contributed by atoms with Crippen molar-refractivity contribution in [2.45, 2.75) is 50.7 Å². The van der Waals surface area contributed by atoms with Gasteiger partial charge in [-0.1, -0.05) is 0 Å². The maximum absolute atomic E-state index is 12.6. The molecule has 1 saturated heterocycles. The smallest absolute Gasteiger partial charge is 0.262 e. The summed E-state index contributed by atoms with van der Waals surface area (Å²) in [6.07, 6.45) is 5.03. The van der Waals surface area contributed by atoms with Crippen LogP contribution in [0.15, 0.2) is 17.6 Å². The van der Waals surface area contributed by atoms with Gasteiger partial charge in [-0.3, -0.25) is 0 Å². The van der Waals surface area contributed by atoms with Crippen LogP contribution in [0, 0.1) is 5.92 Å². The van der Waals surface area contributed by atoms with Crippen molar-refractivity contribution >= 4 is 22.4 Å². The number of hydrogen-bond acceptors (Lipinski definition) is 4. The van der Waals surface area contributed by atoms with Crippen LogP contribution in [-0.2, 0) is 10.0 Å². The third-order valence-electron chi connectivity index (χ3n) is 3.94. The minimum absolute atomic E-state index is 0. The number of imidazole rings is 1. The highest BCUT2D eigenvalue weighted by molar-refractivity contribution is 7.89. The van der Waals surface area contributed by atoms with Gasteiger partial charge in [0.15, 0.2) is 5.03 Å². The van der Waals surface area contributed by atoms with Crippen molar-refractivity contribution < 1.29 is 8.42 Å². The van der Waals surface area contributed by atoms with E-state index in [2.05, 4.69) is 4.98 Å². The second kappa shape index (κ2) is 7.09. The number of nitrogens with zero attached hydrogens (tertiary/aromatic N) is 3. The molecule has 0 saturated carbocycles. The van der Waals surface area contributed by atoms with E-state index >= 15 is 0 Å². The molecule has 2 unspecified atom stereocenters. The number of nitrogens with two attached hydrogens (primary N) is 1. The fraction of sp³-hybridized carbons (Fsp3) is 0.769. The molecule has 21 heavy (non-hydrogen) atoms. The molecule has 0 aliphatic carbocycles. The van der Waals surface area contributed by atoms with Gasteiger partial charge in [0, 0.05) is 31.4 Å². The molecule has 1 aliphatic rings. The third kappa shape index (κ3) is 3.97. The average molecular weight is 337 g/mol. The van der Waals surface area contributed by atoms with Crippen LogP contribution < -0.4 is 5.73 Å². The van der Waals surface area contributed by atoms with E-state index < -0.39 is 10.0 Å². The first-order valence-electron chi connectivity index (χ1n) is 7.11. The number of aromatic nitrogens is 2. The van der Waals surface area contributed by atoms with E-state index in [1.54, 1.807) is 17.1 Å². The van der Waals surface area contributed by atoms with Gasteiger partial charge in [-0.25, -0.2) is 13.4 Å². The highest BCUT2D eigenvalue weighted by Crippen LogP contribution is 2.24. The molecule has 1 aliphatic heterocycles. The molecule has 1 aromatic rings. The zero-order valence-corrected chi connectivity index (χ0v) is 14.4. The molecule has 1 aromatic heterocycles. The molecule has 1 fully saturated rings. The third-order valence-corrected chi connectivity index (χ3v) is 5.69. The van der Waals surface area contributed by atoms with E-state index in [1.807, 2.05) is 20.8 Å². The number of piperidine rings is 1. The van der Waals surface area contributed by atoms with Gasteiger partial charge in [0.1, 0.15) is 0 Å². The monoisotopic (exact) mass is 336 g/mol. The van der Waals surface area contributed by atoms with Crippen LogP contribution in [0.2, 0.25) is 0 Å². The van der Waals surface area contributed by atoms with Gasteiger partial charge in [0.2, 0.25) is 0 Å². The molecule has 2 rings (SSSR count). The Labute approximate surface area is 133 Å². The van der Waals surface area contributed by atoms with Crippen molar-refractivity contribution in [3.05, 3.63) is 12.5 Å². The molecule has 0 radical (unpaired) electrons. The lowest BCUT2D eigenvalue weighted by molar-refractivity contribution is 0.242. The summed E-state index contributed by atoms with van der Waals surface area (Å²) in [6.45, 7) is 6.97. The normalized spacial score (nSPS) is 22.0. The van der Waals surface area contributed by atoms with Crippen molar-refractivity contribution in [2.24, 2.45) is 11.7 Å². The average Bonchev–Trinajstić information content (AvgIpc) is 2.89. The lowest BCUT2D eigenvalue weighted by Crippen LogP contribution is -2.45. The lowest BCUT2D eigenvalue weighted by Gasteiger charge is -2.33. The highest BCUT2D eigenvalue weighted by atomic mass is 35.5. The number of halogens is 1. The first-order valence-corrected chi connectivity index (χ1v) is 8.55. The van der Waals surface area contributed by atoms with Crippen LogP contribution in [0.4, 0.5) is 0 Å². The summed E-state index contributed by atoms with van der Waals surface area (Å²) >= 11 is 0. The van der Waals surface area contributed by atoms with Crippen LogP contribution >= 0.6 is 12.4 Å². The van der Waals surface area contributed by atoms with Crippen LogP contribution in [0.5, 0.6) is 0 Å². The zero-order chi connectivity index (χ0) is 14.9. The van der Waals surface area contributed by atoms with Crippen molar-refractivity contribution in [1.82, 2.24) is 13.9 Å². The van der Waals surface area contributed by atoms with Gasteiger partial charge in [-0.15, -0.1) is 12.4 Å². The van der Waals surface area contributed by atoms with Crippen LogP contribution in [0.1, 0.15) is 39.7 Å². The predicted molar refractivity (Wildman–Crippen MR) is 85.0 cm³/mol. The van der Waals surface area contributed by atoms with Gasteiger partial charge in [-0.2, -0.15) is 4.31 Å². The SMILES string of the molecule is CC(N)C1CCCN(S(=O)(=O)c2cn(C(C)C)cn2)C1.Cl. The van der Waals surface area contributed by atoms with Crippen molar-refractivity contribution in [2.75, 3.05) is 13.1 Å². The van der Waals surface area contributed by atoms with Gasteiger partial charge in [-0.05, 0) is 39.5 Å². The first kappa shape index (κ1) is 18.4. The minimum Gasteiger partial charge on any atom is -0.334 e. The van der Waals surface area contributed by atoms with Crippen molar-refractivity contribution in [3.63, 3.8) is 0 Å². The van der Waals surface area contributed by atoms with E-state index in [9.17, 15) is 8.42 Å². The molecular formula is C13H25ClN4O2S. The largest absolute Gasteiger partial charge is 0.334 e. The second-order valence-corrected chi connectivity index (χ2v) is 7.76. The molecule has 2 N–H and O–H groups in total. The van der Waals surface area contributed by atoms with Gasteiger partial charge in [0.05, 0.1) is 6.33 Å². The van der Waals surface area contributed by atoms with Gasteiger partial charge >= 0.3 is 0 Å². The fourth-order valence-electron chi connectivity index (χ4n) is 2.49. The summed E-state index contributed by atoms with van der Waals surface area (Å²) in [5.74, 6) is 0.228. The van der Waals surface area contributed by atoms with Gasteiger partial charge < -0.3 is 10.3 Å². The number of rotatable bonds is 4. The second-order valence-electron chi connectivity index (χ2n) is 5.88. The minimum atomic E-state index is -3.50. The maximum Gasteiger partial charge on any atom is 0.262 e. The Morgan fingerprint density at radius 2 is 2.05 bits per heavy atom. The Morgan fingerprint density at radius 3 is 2.57 bits per heavy atom.